The minimum absolute atomic E-state index is 0.168. The van der Waals surface area contributed by atoms with Gasteiger partial charge in [-0.25, -0.2) is 0 Å². The van der Waals surface area contributed by atoms with Crippen molar-refractivity contribution < 1.29 is 19.8 Å². The number of carboxylic acid groups (broad SMARTS) is 2. The molecule has 0 aliphatic heterocycles. The van der Waals surface area contributed by atoms with Crippen molar-refractivity contribution in [3.05, 3.63) is 0 Å². The highest BCUT2D eigenvalue weighted by Crippen LogP contribution is 2.15. The van der Waals surface area contributed by atoms with E-state index in [1.807, 2.05) is 6.92 Å². The third-order valence-corrected chi connectivity index (χ3v) is 3.51. The van der Waals surface area contributed by atoms with Crippen molar-refractivity contribution in [3.8, 4) is 0 Å². The van der Waals surface area contributed by atoms with E-state index in [0.29, 0.717) is 12.8 Å². The van der Waals surface area contributed by atoms with Gasteiger partial charge in [-0.2, -0.15) is 0 Å². The van der Waals surface area contributed by atoms with Gasteiger partial charge >= 0.3 is 0 Å². The van der Waals surface area contributed by atoms with Gasteiger partial charge in [-0.1, -0.05) is 51.9 Å². The van der Waals surface area contributed by atoms with Gasteiger partial charge in [0, 0.05) is 11.9 Å². The molecular formula is C15H26O4-2. The Bertz CT molecular complexity index is 251. The Kier molecular flexibility index (Phi) is 11.3. The number of hydrogen-bond donors (Lipinski definition) is 0. The van der Waals surface area contributed by atoms with E-state index < -0.39 is 11.9 Å². The highest BCUT2D eigenvalue weighted by atomic mass is 16.4. The lowest BCUT2D eigenvalue weighted by Gasteiger charge is -2.15. The number of hydrogen-bond acceptors (Lipinski definition) is 4. The van der Waals surface area contributed by atoms with Gasteiger partial charge in [0.15, 0.2) is 0 Å². The van der Waals surface area contributed by atoms with E-state index in [-0.39, 0.29) is 12.3 Å². The van der Waals surface area contributed by atoms with Crippen molar-refractivity contribution in [1.82, 2.24) is 0 Å². The summed E-state index contributed by atoms with van der Waals surface area (Å²) in [5.74, 6) is -2.17. The molecule has 0 spiro atoms. The van der Waals surface area contributed by atoms with E-state index in [4.69, 9.17) is 0 Å². The van der Waals surface area contributed by atoms with Crippen molar-refractivity contribution in [2.24, 2.45) is 5.92 Å². The van der Waals surface area contributed by atoms with Gasteiger partial charge in [0.05, 0.1) is 0 Å². The fourth-order valence-electron chi connectivity index (χ4n) is 2.21. The van der Waals surface area contributed by atoms with Gasteiger partial charge < -0.3 is 19.8 Å². The number of carboxylic acids is 2. The Labute approximate surface area is 116 Å². The normalized spacial score (nSPS) is 12.3. The van der Waals surface area contributed by atoms with Crippen LogP contribution in [0.2, 0.25) is 0 Å². The van der Waals surface area contributed by atoms with Crippen LogP contribution in [0.15, 0.2) is 0 Å². The molecule has 0 aliphatic carbocycles. The number of carbonyl (C=O) groups excluding carboxylic acids is 2. The van der Waals surface area contributed by atoms with E-state index in [0.717, 1.165) is 51.4 Å². The van der Waals surface area contributed by atoms with E-state index in [1.54, 1.807) is 0 Å². The molecule has 112 valence electrons. The third-order valence-electron chi connectivity index (χ3n) is 3.51. The number of aliphatic carboxylic acids is 2. The van der Waals surface area contributed by atoms with Crippen LogP contribution in [-0.4, -0.2) is 11.9 Å². The second kappa shape index (κ2) is 12.0. The van der Waals surface area contributed by atoms with E-state index >= 15 is 0 Å². The smallest absolute Gasteiger partial charge is 0.0445 e. The summed E-state index contributed by atoms with van der Waals surface area (Å²) in [6, 6.07) is 0. The van der Waals surface area contributed by atoms with Crippen molar-refractivity contribution >= 4 is 11.9 Å². The van der Waals surface area contributed by atoms with Crippen LogP contribution in [0.1, 0.15) is 77.6 Å². The highest BCUT2D eigenvalue weighted by Gasteiger charge is 2.06. The molecule has 19 heavy (non-hydrogen) atoms. The minimum atomic E-state index is -0.960. The molecule has 1 atom stereocenters. The zero-order chi connectivity index (χ0) is 14.5. The van der Waals surface area contributed by atoms with Crippen LogP contribution in [0.4, 0.5) is 0 Å². The van der Waals surface area contributed by atoms with Crippen molar-refractivity contribution in [2.75, 3.05) is 0 Å². The second-order valence-corrected chi connectivity index (χ2v) is 5.16. The molecule has 0 aromatic heterocycles. The van der Waals surface area contributed by atoms with Crippen LogP contribution in [0.3, 0.4) is 0 Å². The maximum atomic E-state index is 10.7. The average molecular weight is 270 g/mol. The van der Waals surface area contributed by atoms with Crippen LogP contribution in [-0.2, 0) is 9.59 Å². The second-order valence-electron chi connectivity index (χ2n) is 5.16. The molecule has 0 saturated carbocycles. The summed E-state index contributed by atoms with van der Waals surface area (Å²) >= 11 is 0. The Morgan fingerprint density at radius 1 is 0.842 bits per heavy atom. The Balaban J connectivity index is 3.23. The van der Waals surface area contributed by atoms with Crippen molar-refractivity contribution in [3.63, 3.8) is 0 Å². The zero-order valence-corrected chi connectivity index (χ0v) is 12.0. The fraction of sp³-hybridized carbons (Fsp3) is 0.867. The van der Waals surface area contributed by atoms with Crippen LogP contribution in [0, 0.1) is 5.92 Å². The SMILES string of the molecule is CC[C@H](CCCCCCCCCCC(=O)[O-])C(=O)[O-]. The van der Waals surface area contributed by atoms with Crippen LogP contribution in [0.5, 0.6) is 0 Å². The van der Waals surface area contributed by atoms with Crippen LogP contribution >= 0.6 is 0 Å². The predicted molar refractivity (Wildman–Crippen MR) is 70.0 cm³/mol. The molecule has 0 saturated heterocycles. The zero-order valence-electron chi connectivity index (χ0n) is 12.0. The van der Waals surface area contributed by atoms with E-state index in [2.05, 4.69) is 0 Å². The van der Waals surface area contributed by atoms with E-state index in [1.165, 1.54) is 0 Å². The third kappa shape index (κ3) is 11.7. The Hall–Kier alpha value is -1.06. The molecule has 0 bridgehead atoms. The van der Waals surface area contributed by atoms with Gasteiger partial charge in [-0.3, -0.25) is 0 Å². The van der Waals surface area contributed by atoms with Gasteiger partial charge in [0.2, 0.25) is 0 Å². The standard InChI is InChI=1S/C15H28O4/c1-2-13(15(18)19)11-9-7-5-3-4-6-8-10-12-14(16)17/h13H,2-12H2,1H3,(H,16,17)(H,18,19)/p-2/t13-/m1/s1. The monoisotopic (exact) mass is 270 g/mol. The van der Waals surface area contributed by atoms with Crippen molar-refractivity contribution in [2.45, 2.75) is 77.6 Å². The number of carbonyl (C=O) groups is 2. The first kappa shape index (κ1) is 17.9. The summed E-state index contributed by atoms with van der Waals surface area (Å²) in [6.07, 6.45) is 9.72. The van der Waals surface area contributed by atoms with Gasteiger partial charge in [0.25, 0.3) is 0 Å². The minimum Gasteiger partial charge on any atom is -0.550 e. The lowest BCUT2D eigenvalue weighted by Crippen LogP contribution is -2.30. The predicted octanol–water partition coefficient (Wildman–Crippen LogP) is 1.41. The Morgan fingerprint density at radius 2 is 1.32 bits per heavy atom. The first-order valence-corrected chi connectivity index (χ1v) is 7.48. The molecule has 0 unspecified atom stereocenters. The van der Waals surface area contributed by atoms with Crippen molar-refractivity contribution in [1.29, 1.82) is 0 Å². The molecule has 0 rings (SSSR count). The molecule has 0 radical (unpaired) electrons. The quantitative estimate of drug-likeness (QED) is 0.474. The first-order chi connectivity index (χ1) is 9.07. The molecule has 4 heteroatoms. The fourth-order valence-corrected chi connectivity index (χ4v) is 2.21. The highest BCUT2D eigenvalue weighted by molar-refractivity contribution is 5.67. The summed E-state index contributed by atoms with van der Waals surface area (Å²) in [5, 5.41) is 20.9. The molecular weight excluding hydrogens is 244 g/mol. The molecule has 0 N–H and O–H groups in total. The summed E-state index contributed by atoms with van der Waals surface area (Å²) in [5.41, 5.74) is 0. The summed E-state index contributed by atoms with van der Waals surface area (Å²) in [6.45, 7) is 1.88. The summed E-state index contributed by atoms with van der Waals surface area (Å²) < 4.78 is 0. The molecule has 0 amide bonds. The summed E-state index contributed by atoms with van der Waals surface area (Å²) in [4.78, 5) is 20.9. The maximum absolute atomic E-state index is 10.7. The van der Waals surface area contributed by atoms with Gasteiger partial charge in [0.1, 0.15) is 0 Å². The molecule has 0 aliphatic rings. The Morgan fingerprint density at radius 3 is 1.74 bits per heavy atom. The van der Waals surface area contributed by atoms with Gasteiger partial charge in [-0.05, 0) is 31.6 Å². The molecule has 0 fully saturated rings. The largest absolute Gasteiger partial charge is 0.550 e. The topological polar surface area (TPSA) is 80.3 Å². The van der Waals surface area contributed by atoms with E-state index in [9.17, 15) is 19.8 Å². The van der Waals surface area contributed by atoms with Crippen LogP contribution < -0.4 is 10.2 Å². The molecule has 4 nitrogen and oxygen atoms in total. The maximum Gasteiger partial charge on any atom is 0.0445 e. The number of unbranched alkanes of at least 4 members (excludes halogenated alkanes) is 7. The molecule has 0 aromatic carbocycles. The number of rotatable bonds is 13. The molecule has 0 heterocycles. The average Bonchev–Trinajstić information content (AvgIpc) is 2.35. The van der Waals surface area contributed by atoms with Gasteiger partial charge in [-0.15, -0.1) is 0 Å². The molecule has 0 aromatic rings. The first-order valence-electron chi connectivity index (χ1n) is 7.48. The lowest BCUT2D eigenvalue weighted by atomic mass is 9.98. The van der Waals surface area contributed by atoms with Crippen LogP contribution in [0.25, 0.3) is 0 Å². The lowest BCUT2D eigenvalue weighted by molar-refractivity contribution is -0.312. The summed E-state index contributed by atoms with van der Waals surface area (Å²) in [7, 11) is 0.